The number of hydrogen-bond donors (Lipinski definition) is 3. The number of halogens is 2. The van der Waals surface area contributed by atoms with E-state index >= 15 is 0 Å². The van der Waals surface area contributed by atoms with Gasteiger partial charge in [-0.1, -0.05) is 58.6 Å². The van der Waals surface area contributed by atoms with E-state index in [1.807, 2.05) is 0 Å². The summed E-state index contributed by atoms with van der Waals surface area (Å²) >= 11 is 13.7. The molecule has 2 aromatic carbocycles. The van der Waals surface area contributed by atoms with Crippen LogP contribution in [0.25, 0.3) is 78.6 Å². The normalized spacial score (nSPS) is 12.0. The van der Waals surface area contributed by atoms with Crippen LogP contribution in [0.4, 0.5) is 0 Å². The van der Waals surface area contributed by atoms with Gasteiger partial charge in [0.1, 0.15) is 16.6 Å². The molecule has 0 amide bonds. The van der Waals surface area contributed by atoms with Crippen molar-refractivity contribution in [1.29, 1.82) is 0 Å². The largest absolute Gasteiger partial charge is 0.354 e. The first-order valence-corrected chi connectivity index (χ1v) is 17.0. The maximum atomic E-state index is 6.83. The molecule has 49 heavy (non-hydrogen) atoms. The topological polar surface area (TPSA) is 86.0 Å². The lowest BCUT2D eigenvalue weighted by molar-refractivity contribution is 1.17. The van der Waals surface area contributed by atoms with E-state index in [0.717, 1.165) is 72.3 Å². The van der Waals surface area contributed by atoms with E-state index in [-0.39, 0.29) is 10.3 Å². The number of rotatable bonds is 3. The van der Waals surface area contributed by atoms with Crippen LogP contribution in [-0.2, 0) is 0 Å². The molecule has 6 heterocycles. The van der Waals surface area contributed by atoms with Crippen molar-refractivity contribution < 1.29 is 0 Å². The van der Waals surface area contributed by atoms with Gasteiger partial charge in [0.15, 0.2) is 0 Å². The minimum atomic E-state index is 0.264. The van der Waals surface area contributed by atoms with E-state index < -0.39 is 0 Å². The summed E-state index contributed by atoms with van der Waals surface area (Å²) in [5, 5.41) is 0.529. The summed E-state index contributed by atoms with van der Waals surface area (Å²) in [6, 6.07) is 21.5. The van der Waals surface area contributed by atoms with Crippen LogP contribution in [0.5, 0.6) is 0 Å². The van der Waals surface area contributed by atoms with E-state index in [1.54, 1.807) is 0 Å². The van der Waals surface area contributed by atoms with Gasteiger partial charge in [0.05, 0.1) is 22.5 Å². The zero-order valence-corrected chi connectivity index (χ0v) is 29.6. The lowest BCUT2D eigenvalue weighted by Gasteiger charge is -2.13. The van der Waals surface area contributed by atoms with Crippen molar-refractivity contribution in [3.8, 4) is 33.4 Å². The molecule has 0 saturated heterocycles. The average Bonchev–Trinajstić information content (AvgIpc) is 3.86. The average molecular weight is 682 g/mol. The number of H-pyrrole nitrogens is 3. The molecule has 242 valence electrons. The third kappa shape index (κ3) is 5.23. The number of nitrogens with zero attached hydrogens (tertiary/aromatic N) is 3. The summed E-state index contributed by atoms with van der Waals surface area (Å²) in [6.45, 7) is 12.9. The number of benzene rings is 2. The maximum Gasteiger partial charge on any atom is 0.141 e. The molecular formula is C41H34Cl2N6. The van der Waals surface area contributed by atoms with Crippen molar-refractivity contribution in [1.82, 2.24) is 29.9 Å². The van der Waals surface area contributed by atoms with Crippen LogP contribution < -0.4 is 0 Å². The van der Waals surface area contributed by atoms with Crippen LogP contribution in [0.15, 0.2) is 67.0 Å². The molecule has 0 saturated carbocycles. The Morgan fingerprint density at radius 3 is 1.29 bits per heavy atom. The van der Waals surface area contributed by atoms with Gasteiger partial charge in [-0.3, -0.25) is 0 Å². The first-order valence-electron chi connectivity index (χ1n) is 16.2. The fourth-order valence-electron chi connectivity index (χ4n) is 7.64. The van der Waals surface area contributed by atoms with Crippen LogP contribution in [0.3, 0.4) is 0 Å². The summed E-state index contributed by atoms with van der Waals surface area (Å²) in [5.74, 6) is 0. The number of aromatic amines is 3. The molecule has 7 aromatic rings. The molecule has 3 N–H and O–H groups in total. The molecule has 0 radical (unpaired) electrons. The monoisotopic (exact) mass is 680 g/mol. The van der Waals surface area contributed by atoms with Crippen LogP contribution in [-0.4, -0.2) is 29.9 Å². The van der Waals surface area contributed by atoms with Crippen molar-refractivity contribution in [2.45, 2.75) is 41.5 Å². The fraction of sp³-hybridized carbons (Fsp3) is 0.146. The Morgan fingerprint density at radius 2 is 0.796 bits per heavy atom. The van der Waals surface area contributed by atoms with E-state index in [0.29, 0.717) is 5.56 Å². The quantitative estimate of drug-likeness (QED) is 0.162. The second kappa shape index (κ2) is 11.8. The highest BCUT2D eigenvalue weighted by Gasteiger charge is 2.20. The van der Waals surface area contributed by atoms with Gasteiger partial charge in [-0.25, -0.2) is 15.0 Å². The van der Waals surface area contributed by atoms with Crippen LogP contribution in [0.1, 0.15) is 44.8 Å². The third-order valence-corrected chi connectivity index (χ3v) is 10.0. The second-order valence-electron chi connectivity index (χ2n) is 13.1. The smallest absolute Gasteiger partial charge is 0.141 e. The highest BCUT2D eigenvalue weighted by atomic mass is 35.5. The molecule has 0 fully saturated rings. The van der Waals surface area contributed by atoms with Crippen molar-refractivity contribution in [2.24, 2.45) is 0 Å². The summed E-state index contributed by atoms with van der Waals surface area (Å²) in [6.07, 6.45) is 5.58. The number of aromatic nitrogens is 6. The van der Waals surface area contributed by atoms with E-state index in [1.165, 1.54) is 39.7 Å². The number of fused-ring (bicyclic) bond motifs is 9. The SMILES string of the molecule is Cc1cc(C)c(-c2c3nc(c4ccc([nH]4)c(-c4c(C)cc(C)cc4C)c4ccc([nH]4)c(-c4c(Cl)ncnc4Cl)c4ccc2[nH]4)C=C3)c(C)c1. The van der Waals surface area contributed by atoms with Crippen molar-refractivity contribution in [3.63, 3.8) is 0 Å². The van der Waals surface area contributed by atoms with Gasteiger partial charge in [-0.05, 0) is 123 Å². The highest BCUT2D eigenvalue weighted by Crippen LogP contribution is 2.41. The number of nitrogens with one attached hydrogen (secondary N) is 3. The van der Waals surface area contributed by atoms with Crippen LogP contribution in [0.2, 0.25) is 10.3 Å². The molecule has 0 atom stereocenters. The van der Waals surface area contributed by atoms with E-state index in [9.17, 15) is 0 Å². The Hall–Kier alpha value is -5.17. The summed E-state index contributed by atoms with van der Waals surface area (Å²) in [5.41, 5.74) is 20.0. The Kier molecular flexibility index (Phi) is 7.47. The molecule has 6 nitrogen and oxygen atoms in total. The van der Waals surface area contributed by atoms with Gasteiger partial charge in [0.25, 0.3) is 0 Å². The first kappa shape index (κ1) is 31.1. The molecule has 0 spiro atoms. The lowest BCUT2D eigenvalue weighted by atomic mass is 9.92. The van der Waals surface area contributed by atoms with Gasteiger partial charge in [0, 0.05) is 44.3 Å². The minimum Gasteiger partial charge on any atom is -0.354 e. The van der Waals surface area contributed by atoms with Crippen LogP contribution in [0, 0.1) is 41.5 Å². The van der Waals surface area contributed by atoms with Gasteiger partial charge < -0.3 is 15.0 Å². The van der Waals surface area contributed by atoms with Crippen molar-refractivity contribution in [3.05, 3.63) is 122 Å². The summed E-state index contributed by atoms with van der Waals surface area (Å²) in [7, 11) is 0. The Morgan fingerprint density at radius 1 is 0.429 bits per heavy atom. The highest BCUT2D eigenvalue weighted by molar-refractivity contribution is 6.38. The third-order valence-electron chi connectivity index (χ3n) is 9.44. The van der Waals surface area contributed by atoms with Crippen LogP contribution >= 0.6 is 23.2 Å². The molecule has 8 heteroatoms. The predicted octanol–water partition coefficient (Wildman–Crippen LogP) is 11.6. The minimum absolute atomic E-state index is 0.264. The Labute approximate surface area is 294 Å². The molecule has 5 aromatic heterocycles. The molecule has 0 aliphatic carbocycles. The molecule has 0 unspecified atom stereocenters. The van der Waals surface area contributed by atoms with Crippen molar-refractivity contribution in [2.75, 3.05) is 0 Å². The Bertz CT molecular complexity index is 2590. The van der Waals surface area contributed by atoms with Crippen molar-refractivity contribution >= 4 is 68.5 Å². The first-order chi connectivity index (χ1) is 23.6. The maximum absolute atomic E-state index is 6.83. The summed E-state index contributed by atoms with van der Waals surface area (Å²) < 4.78 is 0. The van der Waals surface area contributed by atoms with E-state index in [2.05, 4.69) is 139 Å². The van der Waals surface area contributed by atoms with E-state index in [4.69, 9.17) is 28.2 Å². The molecule has 1 aliphatic heterocycles. The standard InChI is InChI=1S/C41H34Cl2N6/c1-20-15-22(3)34(23(4)16-20)36-28-9-7-26(46-28)27-8-10-29(47-27)37(35-24(5)17-21(2)18-25(35)6)31-12-14-33(49-31)38(32-13-11-30(36)48-32)39-40(42)44-19-45-41(39)43/h7-19,46,48-49H,1-6H3. The molecule has 8 bridgehead atoms. The molecule has 1 aliphatic rings. The van der Waals surface area contributed by atoms with Gasteiger partial charge >= 0.3 is 0 Å². The zero-order chi connectivity index (χ0) is 34.1. The van der Waals surface area contributed by atoms with Gasteiger partial charge in [0.2, 0.25) is 0 Å². The van der Waals surface area contributed by atoms with Gasteiger partial charge in [-0.15, -0.1) is 0 Å². The predicted molar refractivity (Wildman–Crippen MR) is 206 cm³/mol. The summed E-state index contributed by atoms with van der Waals surface area (Å²) in [4.78, 5) is 25.2. The molecular weight excluding hydrogens is 647 g/mol. The number of hydrogen-bond acceptors (Lipinski definition) is 3. The van der Waals surface area contributed by atoms with Gasteiger partial charge in [-0.2, -0.15) is 0 Å². The lowest BCUT2D eigenvalue weighted by Crippen LogP contribution is -1.94. The zero-order valence-electron chi connectivity index (χ0n) is 28.1. The fourth-order valence-corrected chi connectivity index (χ4v) is 8.15. The second-order valence-corrected chi connectivity index (χ2v) is 13.8. The number of aryl methyl sites for hydroxylation is 6. The Balaban J connectivity index is 1.61. The molecule has 8 rings (SSSR count).